The van der Waals surface area contributed by atoms with Crippen LogP contribution in [0, 0.1) is 0 Å². The predicted molar refractivity (Wildman–Crippen MR) is 83.0 cm³/mol. The molecule has 0 aliphatic heterocycles. The number of hydrogen-bond acceptors (Lipinski definition) is 3. The van der Waals surface area contributed by atoms with Crippen molar-refractivity contribution in [2.75, 3.05) is 0 Å². The summed E-state index contributed by atoms with van der Waals surface area (Å²) in [4.78, 5) is 4.42. The molecule has 0 saturated heterocycles. The summed E-state index contributed by atoms with van der Waals surface area (Å²) in [5, 5.41) is 4.92. The van der Waals surface area contributed by atoms with Gasteiger partial charge in [-0.2, -0.15) is 0 Å². The van der Waals surface area contributed by atoms with Crippen molar-refractivity contribution in [1.29, 1.82) is 0 Å². The Labute approximate surface area is 124 Å². The molecular formula is C18H18N2O. The van der Waals surface area contributed by atoms with Crippen LogP contribution in [0.4, 0.5) is 0 Å². The first-order valence-electron chi connectivity index (χ1n) is 7.54. The highest BCUT2D eigenvalue weighted by Crippen LogP contribution is 2.30. The molecule has 1 aliphatic rings. The highest BCUT2D eigenvalue weighted by molar-refractivity contribution is 5.81. The average molecular weight is 278 g/mol. The molecule has 0 fully saturated rings. The lowest BCUT2D eigenvalue weighted by atomic mass is 9.93. The average Bonchev–Trinajstić information content (AvgIpc) is 3.02. The molecule has 106 valence electrons. The van der Waals surface area contributed by atoms with Crippen molar-refractivity contribution in [3.8, 4) is 0 Å². The van der Waals surface area contributed by atoms with Crippen molar-refractivity contribution in [2.24, 2.45) is 0 Å². The largest absolute Gasteiger partial charge is 0.469 e. The van der Waals surface area contributed by atoms with Crippen LogP contribution in [0.25, 0.3) is 10.9 Å². The molecule has 4 rings (SSSR count). The fraction of sp³-hybridized carbons (Fsp3) is 0.278. The van der Waals surface area contributed by atoms with Crippen molar-refractivity contribution in [2.45, 2.75) is 31.8 Å². The van der Waals surface area contributed by atoms with E-state index in [0.717, 1.165) is 24.2 Å². The molecule has 1 unspecified atom stereocenters. The third kappa shape index (κ3) is 2.34. The van der Waals surface area contributed by atoms with Crippen LogP contribution in [0.15, 0.2) is 53.3 Å². The lowest BCUT2D eigenvalue weighted by molar-refractivity contribution is 0.411. The van der Waals surface area contributed by atoms with Gasteiger partial charge in [0.15, 0.2) is 0 Å². The van der Waals surface area contributed by atoms with Gasteiger partial charge in [0.05, 0.1) is 11.8 Å². The van der Waals surface area contributed by atoms with Gasteiger partial charge in [0, 0.05) is 36.2 Å². The normalized spacial score (nSPS) is 17.8. The molecule has 0 bridgehead atoms. The second kappa shape index (κ2) is 5.34. The Morgan fingerprint density at radius 2 is 2.14 bits per heavy atom. The van der Waals surface area contributed by atoms with E-state index in [2.05, 4.69) is 40.6 Å². The summed E-state index contributed by atoms with van der Waals surface area (Å²) in [6, 6.07) is 12.9. The summed E-state index contributed by atoms with van der Waals surface area (Å²) < 4.78 is 5.56. The van der Waals surface area contributed by atoms with E-state index in [9.17, 15) is 0 Å². The van der Waals surface area contributed by atoms with Crippen LogP contribution in [0.3, 0.4) is 0 Å². The van der Waals surface area contributed by atoms with Crippen LogP contribution in [0.5, 0.6) is 0 Å². The van der Waals surface area contributed by atoms with E-state index in [0.29, 0.717) is 6.04 Å². The first kappa shape index (κ1) is 12.6. The maximum Gasteiger partial charge on any atom is 0.108 e. The Morgan fingerprint density at radius 3 is 3.14 bits per heavy atom. The number of para-hydroxylation sites is 1. The molecule has 3 nitrogen and oxygen atoms in total. The SMILES string of the molecule is c1ccc2c(CNC3CCCc4occc43)ccnc2c1. The zero-order chi connectivity index (χ0) is 14.1. The van der Waals surface area contributed by atoms with Crippen molar-refractivity contribution in [1.82, 2.24) is 10.3 Å². The van der Waals surface area contributed by atoms with Crippen LogP contribution in [-0.4, -0.2) is 4.98 Å². The number of aryl methyl sites for hydroxylation is 1. The lowest BCUT2D eigenvalue weighted by Crippen LogP contribution is -2.24. The topological polar surface area (TPSA) is 38.1 Å². The minimum absolute atomic E-state index is 0.402. The van der Waals surface area contributed by atoms with Gasteiger partial charge >= 0.3 is 0 Å². The maximum atomic E-state index is 5.56. The highest BCUT2D eigenvalue weighted by Gasteiger charge is 2.22. The molecule has 0 spiro atoms. The van der Waals surface area contributed by atoms with Gasteiger partial charge < -0.3 is 9.73 Å². The molecule has 1 N–H and O–H groups in total. The Morgan fingerprint density at radius 1 is 1.19 bits per heavy atom. The summed E-state index contributed by atoms with van der Waals surface area (Å²) in [5.41, 5.74) is 3.69. The Bertz CT molecular complexity index is 757. The summed E-state index contributed by atoms with van der Waals surface area (Å²) >= 11 is 0. The van der Waals surface area contributed by atoms with Gasteiger partial charge in [0.25, 0.3) is 0 Å². The molecule has 1 atom stereocenters. The molecule has 0 saturated carbocycles. The molecule has 1 aliphatic carbocycles. The third-order valence-corrected chi connectivity index (χ3v) is 4.33. The Hall–Kier alpha value is -2.13. The summed E-state index contributed by atoms with van der Waals surface area (Å²) in [7, 11) is 0. The summed E-state index contributed by atoms with van der Waals surface area (Å²) in [6.45, 7) is 0.859. The van der Waals surface area contributed by atoms with Crippen LogP contribution in [0.1, 0.15) is 35.8 Å². The highest BCUT2D eigenvalue weighted by atomic mass is 16.3. The van der Waals surface area contributed by atoms with Gasteiger partial charge in [0.1, 0.15) is 5.76 Å². The number of nitrogens with one attached hydrogen (secondary N) is 1. The molecule has 2 heterocycles. The molecule has 1 aromatic carbocycles. The van der Waals surface area contributed by atoms with E-state index < -0.39 is 0 Å². The number of hydrogen-bond donors (Lipinski definition) is 1. The summed E-state index contributed by atoms with van der Waals surface area (Å²) in [6.07, 6.45) is 7.14. The predicted octanol–water partition coefficient (Wildman–Crippen LogP) is 4.00. The lowest BCUT2D eigenvalue weighted by Gasteiger charge is -2.23. The molecule has 3 heteroatoms. The van der Waals surface area contributed by atoms with Crippen LogP contribution in [-0.2, 0) is 13.0 Å². The minimum Gasteiger partial charge on any atom is -0.469 e. The van der Waals surface area contributed by atoms with Gasteiger partial charge in [-0.3, -0.25) is 4.98 Å². The second-order valence-electron chi connectivity index (χ2n) is 5.61. The number of aromatic nitrogens is 1. The number of benzene rings is 1. The van der Waals surface area contributed by atoms with Gasteiger partial charge in [-0.25, -0.2) is 0 Å². The van der Waals surface area contributed by atoms with Crippen molar-refractivity contribution < 1.29 is 4.42 Å². The number of furan rings is 1. The van der Waals surface area contributed by atoms with Crippen LogP contribution in [0.2, 0.25) is 0 Å². The minimum atomic E-state index is 0.402. The smallest absolute Gasteiger partial charge is 0.108 e. The number of rotatable bonds is 3. The zero-order valence-corrected chi connectivity index (χ0v) is 11.9. The molecule has 0 amide bonds. The van der Waals surface area contributed by atoms with Gasteiger partial charge in [0.2, 0.25) is 0 Å². The van der Waals surface area contributed by atoms with Crippen molar-refractivity contribution >= 4 is 10.9 Å². The van der Waals surface area contributed by atoms with Crippen molar-refractivity contribution in [3.05, 3.63) is 65.7 Å². The van der Waals surface area contributed by atoms with Crippen LogP contribution < -0.4 is 5.32 Å². The standard InChI is InChI=1S/C18H18N2O/c1-2-5-16-14(4-1)13(8-10-19-16)12-20-17-6-3-7-18-15(17)9-11-21-18/h1-2,4-5,8-11,17,20H,3,6-7,12H2. The fourth-order valence-corrected chi connectivity index (χ4v) is 3.24. The van der Waals surface area contributed by atoms with Gasteiger partial charge in [-0.1, -0.05) is 18.2 Å². The Kier molecular flexibility index (Phi) is 3.20. The molecule has 0 radical (unpaired) electrons. The van der Waals surface area contributed by atoms with Crippen molar-refractivity contribution in [3.63, 3.8) is 0 Å². The quantitative estimate of drug-likeness (QED) is 0.787. The van der Waals surface area contributed by atoms with E-state index in [4.69, 9.17) is 4.42 Å². The summed E-state index contributed by atoms with van der Waals surface area (Å²) in [5.74, 6) is 1.15. The first-order valence-corrected chi connectivity index (χ1v) is 7.54. The van der Waals surface area contributed by atoms with E-state index in [1.807, 2.05) is 18.5 Å². The molecule has 21 heavy (non-hydrogen) atoms. The van der Waals surface area contributed by atoms with Crippen LogP contribution >= 0.6 is 0 Å². The molecule has 2 aromatic heterocycles. The maximum absolute atomic E-state index is 5.56. The van der Waals surface area contributed by atoms with E-state index in [1.165, 1.54) is 29.4 Å². The van der Waals surface area contributed by atoms with E-state index in [-0.39, 0.29) is 0 Å². The monoisotopic (exact) mass is 278 g/mol. The first-order chi connectivity index (χ1) is 10.4. The van der Waals surface area contributed by atoms with Gasteiger partial charge in [-0.05, 0) is 36.6 Å². The second-order valence-corrected chi connectivity index (χ2v) is 5.61. The molecular weight excluding hydrogens is 260 g/mol. The fourth-order valence-electron chi connectivity index (χ4n) is 3.24. The third-order valence-electron chi connectivity index (χ3n) is 4.33. The number of pyridine rings is 1. The Balaban J connectivity index is 1.57. The van der Waals surface area contributed by atoms with Gasteiger partial charge in [-0.15, -0.1) is 0 Å². The molecule has 3 aromatic rings. The zero-order valence-electron chi connectivity index (χ0n) is 11.9. The van der Waals surface area contributed by atoms with E-state index in [1.54, 1.807) is 0 Å². The van der Waals surface area contributed by atoms with E-state index >= 15 is 0 Å². The number of nitrogens with zero attached hydrogens (tertiary/aromatic N) is 1. The number of fused-ring (bicyclic) bond motifs is 2.